The number of thiophene rings is 1. The lowest BCUT2D eigenvalue weighted by Gasteiger charge is -1.99. The molecule has 0 radical (unpaired) electrons. The predicted molar refractivity (Wildman–Crippen MR) is 87.7 cm³/mol. The number of anilines is 1. The van der Waals surface area contributed by atoms with Gasteiger partial charge in [0.25, 0.3) is 5.91 Å². The van der Waals surface area contributed by atoms with Crippen molar-refractivity contribution in [3.63, 3.8) is 0 Å². The molecule has 110 valence electrons. The van der Waals surface area contributed by atoms with E-state index in [0.717, 1.165) is 35.7 Å². The van der Waals surface area contributed by atoms with Gasteiger partial charge in [0.2, 0.25) is 0 Å². The first-order valence-corrected chi connectivity index (χ1v) is 9.34. The molecule has 3 nitrogen and oxygen atoms in total. The van der Waals surface area contributed by atoms with Crippen molar-refractivity contribution in [1.82, 2.24) is 4.98 Å². The Morgan fingerprint density at radius 3 is 2.76 bits per heavy atom. The minimum absolute atomic E-state index is 0.0123. The summed E-state index contributed by atoms with van der Waals surface area (Å²) in [5.74, 6) is 0.0123. The Morgan fingerprint density at radius 1 is 1.00 bits per heavy atom. The number of carbonyl (C=O) groups excluding carboxylic acids is 1. The van der Waals surface area contributed by atoms with Crippen LogP contribution in [0.2, 0.25) is 0 Å². The van der Waals surface area contributed by atoms with Crippen LogP contribution in [0.3, 0.4) is 0 Å². The van der Waals surface area contributed by atoms with E-state index >= 15 is 0 Å². The number of fused-ring (bicyclic) bond motifs is 2. The van der Waals surface area contributed by atoms with Gasteiger partial charge in [-0.2, -0.15) is 0 Å². The maximum atomic E-state index is 12.4. The first kappa shape index (κ1) is 13.5. The summed E-state index contributed by atoms with van der Waals surface area (Å²) in [6.07, 6.45) is 9.46. The van der Waals surface area contributed by atoms with E-state index in [1.54, 1.807) is 22.7 Å². The van der Waals surface area contributed by atoms with Crippen LogP contribution < -0.4 is 5.32 Å². The highest BCUT2D eigenvalue weighted by Gasteiger charge is 2.20. The number of carbonyl (C=O) groups is 1. The Labute approximate surface area is 132 Å². The molecule has 0 unspecified atom stereocenters. The van der Waals surface area contributed by atoms with Gasteiger partial charge in [0, 0.05) is 9.75 Å². The summed E-state index contributed by atoms with van der Waals surface area (Å²) in [7, 11) is 0. The van der Waals surface area contributed by atoms with E-state index in [0.29, 0.717) is 0 Å². The fourth-order valence-electron chi connectivity index (χ4n) is 3.18. The highest BCUT2D eigenvalue weighted by Crippen LogP contribution is 2.32. The third-order valence-electron chi connectivity index (χ3n) is 4.29. The topological polar surface area (TPSA) is 42.0 Å². The summed E-state index contributed by atoms with van der Waals surface area (Å²) in [6, 6.07) is 2.07. The van der Waals surface area contributed by atoms with Crippen LogP contribution in [0.25, 0.3) is 0 Å². The van der Waals surface area contributed by atoms with E-state index in [1.807, 2.05) is 0 Å². The van der Waals surface area contributed by atoms with Gasteiger partial charge >= 0.3 is 0 Å². The summed E-state index contributed by atoms with van der Waals surface area (Å²) in [5, 5.41) is 3.78. The summed E-state index contributed by atoms with van der Waals surface area (Å²) >= 11 is 3.32. The highest BCUT2D eigenvalue weighted by atomic mass is 32.1. The first-order chi connectivity index (χ1) is 10.3. The summed E-state index contributed by atoms with van der Waals surface area (Å²) in [4.78, 5) is 20.6. The molecule has 0 bridgehead atoms. The van der Waals surface area contributed by atoms with Crippen LogP contribution in [-0.4, -0.2) is 10.9 Å². The normalized spacial score (nSPS) is 17.1. The highest BCUT2D eigenvalue weighted by molar-refractivity contribution is 7.16. The Kier molecular flexibility index (Phi) is 3.55. The van der Waals surface area contributed by atoms with Gasteiger partial charge in [0.05, 0.1) is 10.6 Å². The SMILES string of the molecule is O=C(Nc1nc2c(s1)CCCCC2)c1cc2c(s1)CCC2. The standard InChI is InChI=1S/C16H18N2OS2/c19-15(14-9-10-5-4-8-12(10)20-14)18-16-17-11-6-2-1-3-7-13(11)21-16/h9H,1-8H2,(H,17,18,19). The van der Waals surface area contributed by atoms with E-state index in [2.05, 4.69) is 16.4 Å². The molecule has 21 heavy (non-hydrogen) atoms. The molecule has 0 saturated carbocycles. The van der Waals surface area contributed by atoms with E-state index in [1.165, 1.54) is 46.7 Å². The number of amides is 1. The van der Waals surface area contributed by atoms with Gasteiger partial charge in [0.1, 0.15) is 0 Å². The van der Waals surface area contributed by atoms with Crippen LogP contribution in [0.4, 0.5) is 5.13 Å². The largest absolute Gasteiger partial charge is 0.297 e. The van der Waals surface area contributed by atoms with Crippen molar-refractivity contribution in [3.8, 4) is 0 Å². The van der Waals surface area contributed by atoms with Crippen LogP contribution in [0, 0.1) is 0 Å². The lowest BCUT2D eigenvalue weighted by atomic mass is 10.2. The number of rotatable bonds is 2. The average Bonchev–Trinajstić information content (AvgIpc) is 3.10. The van der Waals surface area contributed by atoms with Gasteiger partial charge in [-0.25, -0.2) is 4.98 Å². The zero-order valence-corrected chi connectivity index (χ0v) is 13.5. The Balaban J connectivity index is 1.51. The maximum Gasteiger partial charge on any atom is 0.267 e. The van der Waals surface area contributed by atoms with Gasteiger partial charge in [-0.3, -0.25) is 10.1 Å². The van der Waals surface area contributed by atoms with Gasteiger partial charge < -0.3 is 0 Å². The summed E-state index contributed by atoms with van der Waals surface area (Å²) < 4.78 is 0. The molecule has 2 heterocycles. The first-order valence-electron chi connectivity index (χ1n) is 7.71. The van der Waals surface area contributed by atoms with Crippen molar-refractivity contribution in [2.24, 2.45) is 0 Å². The third-order valence-corrected chi connectivity index (χ3v) is 6.60. The predicted octanol–water partition coefficient (Wildman–Crippen LogP) is 4.21. The molecule has 2 aliphatic carbocycles. The zero-order chi connectivity index (χ0) is 14.2. The molecule has 5 heteroatoms. The molecule has 2 aliphatic rings. The van der Waals surface area contributed by atoms with Crippen LogP contribution in [0.5, 0.6) is 0 Å². The molecular weight excluding hydrogens is 300 g/mol. The van der Waals surface area contributed by atoms with Crippen molar-refractivity contribution in [3.05, 3.63) is 32.0 Å². The number of hydrogen-bond donors (Lipinski definition) is 1. The van der Waals surface area contributed by atoms with E-state index in [4.69, 9.17) is 0 Å². The van der Waals surface area contributed by atoms with Crippen molar-refractivity contribution in [2.45, 2.75) is 51.4 Å². The minimum atomic E-state index is 0.0123. The molecule has 1 amide bonds. The fraction of sp³-hybridized carbons (Fsp3) is 0.500. The molecular formula is C16H18N2OS2. The average molecular weight is 318 g/mol. The smallest absolute Gasteiger partial charge is 0.267 e. The number of aromatic nitrogens is 1. The molecule has 0 aromatic carbocycles. The Bertz CT molecular complexity index is 642. The lowest BCUT2D eigenvalue weighted by molar-refractivity contribution is 0.103. The van der Waals surface area contributed by atoms with E-state index < -0.39 is 0 Å². The summed E-state index contributed by atoms with van der Waals surface area (Å²) in [6.45, 7) is 0. The third kappa shape index (κ3) is 2.64. The second kappa shape index (κ2) is 5.54. The fourth-order valence-corrected chi connectivity index (χ4v) is 5.38. The molecule has 0 fully saturated rings. The molecule has 0 spiro atoms. The van der Waals surface area contributed by atoms with Crippen LogP contribution in [0.1, 0.15) is 56.4 Å². The molecule has 2 aromatic rings. The van der Waals surface area contributed by atoms with E-state index in [9.17, 15) is 4.79 Å². The molecule has 0 saturated heterocycles. The number of nitrogens with zero attached hydrogens (tertiary/aromatic N) is 1. The second-order valence-electron chi connectivity index (χ2n) is 5.82. The zero-order valence-electron chi connectivity index (χ0n) is 11.9. The lowest BCUT2D eigenvalue weighted by Crippen LogP contribution is -2.10. The van der Waals surface area contributed by atoms with E-state index in [-0.39, 0.29) is 5.91 Å². The number of hydrogen-bond acceptors (Lipinski definition) is 4. The maximum absolute atomic E-state index is 12.4. The van der Waals surface area contributed by atoms with Crippen molar-refractivity contribution < 1.29 is 4.79 Å². The molecule has 0 atom stereocenters. The minimum Gasteiger partial charge on any atom is -0.297 e. The van der Waals surface area contributed by atoms with Gasteiger partial charge in [-0.1, -0.05) is 6.42 Å². The number of thiazole rings is 1. The summed E-state index contributed by atoms with van der Waals surface area (Å²) in [5.41, 5.74) is 2.58. The Hall–Kier alpha value is -1.20. The van der Waals surface area contributed by atoms with Crippen molar-refractivity contribution in [1.29, 1.82) is 0 Å². The molecule has 2 aromatic heterocycles. The number of nitrogens with one attached hydrogen (secondary N) is 1. The van der Waals surface area contributed by atoms with Gasteiger partial charge in [-0.15, -0.1) is 22.7 Å². The van der Waals surface area contributed by atoms with Gasteiger partial charge in [0.15, 0.2) is 5.13 Å². The molecule has 0 aliphatic heterocycles. The number of aryl methyl sites for hydroxylation is 4. The molecule has 4 rings (SSSR count). The second-order valence-corrected chi connectivity index (χ2v) is 8.04. The Morgan fingerprint density at radius 2 is 1.86 bits per heavy atom. The van der Waals surface area contributed by atoms with Crippen LogP contribution in [0.15, 0.2) is 6.07 Å². The van der Waals surface area contributed by atoms with Crippen molar-refractivity contribution in [2.75, 3.05) is 5.32 Å². The quantitative estimate of drug-likeness (QED) is 0.843. The van der Waals surface area contributed by atoms with Crippen molar-refractivity contribution >= 4 is 33.7 Å². The molecule has 1 N–H and O–H groups in total. The van der Waals surface area contributed by atoms with Gasteiger partial charge in [-0.05, 0) is 56.6 Å². The monoisotopic (exact) mass is 318 g/mol. The van der Waals surface area contributed by atoms with Crippen LogP contribution >= 0.6 is 22.7 Å². The van der Waals surface area contributed by atoms with Crippen LogP contribution in [-0.2, 0) is 25.7 Å².